The van der Waals surface area contributed by atoms with Crippen LogP contribution in [0.1, 0.15) is 34.1 Å². The molecule has 0 aromatic heterocycles. The zero-order chi connectivity index (χ0) is 12.2. The van der Waals surface area contributed by atoms with E-state index in [1.165, 1.54) is 0 Å². The molecule has 102 valence electrons. The van der Waals surface area contributed by atoms with Crippen molar-refractivity contribution in [3.63, 3.8) is 0 Å². The number of rotatable bonds is 3. The van der Waals surface area contributed by atoms with Gasteiger partial charge in [-0.2, -0.15) is 0 Å². The normalized spacial score (nSPS) is 24.9. The molecule has 1 aliphatic heterocycles. The first-order valence-corrected chi connectivity index (χ1v) is 6.03. The molecule has 2 atom stereocenters. The Morgan fingerprint density at radius 2 is 2.12 bits per heavy atom. The van der Waals surface area contributed by atoms with Crippen molar-refractivity contribution in [2.24, 2.45) is 5.41 Å². The van der Waals surface area contributed by atoms with E-state index in [9.17, 15) is 4.79 Å². The Hall–Kier alpha value is -0.320. The predicted octanol–water partition coefficient (Wildman–Crippen LogP) is 1.34. The Bertz CT molecular complexity index is 241. The smallest absolute Gasteiger partial charge is 0.239 e. The van der Waals surface area contributed by atoms with Gasteiger partial charge < -0.3 is 15.4 Å². The maximum absolute atomic E-state index is 11.8. The van der Waals surface area contributed by atoms with Gasteiger partial charge in [-0.15, -0.1) is 12.4 Å². The summed E-state index contributed by atoms with van der Waals surface area (Å²) in [5.41, 5.74) is 0.259. The molecule has 1 aliphatic rings. The van der Waals surface area contributed by atoms with Crippen molar-refractivity contribution in [2.45, 2.75) is 46.3 Å². The zero-order valence-corrected chi connectivity index (χ0v) is 12.0. The van der Waals surface area contributed by atoms with Crippen molar-refractivity contribution in [2.75, 3.05) is 19.7 Å². The summed E-state index contributed by atoms with van der Waals surface area (Å²) in [4.78, 5) is 11.8. The number of hydrogen-bond donors (Lipinski definition) is 2. The minimum absolute atomic E-state index is 0. The fourth-order valence-electron chi connectivity index (χ4n) is 1.70. The molecule has 0 aliphatic carbocycles. The van der Waals surface area contributed by atoms with Gasteiger partial charge in [0, 0.05) is 13.1 Å². The second-order valence-corrected chi connectivity index (χ2v) is 5.61. The first-order chi connectivity index (χ1) is 7.40. The highest BCUT2D eigenvalue weighted by Crippen LogP contribution is 2.17. The Labute approximate surface area is 110 Å². The summed E-state index contributed by atoms with van der Waals surface area (Å²) in [7, 11) is 0. The molecule has 0 radical (unpaired) electrons. The molecule has 4 nitrogen and oxygen atoms in total. The van der Waals surface area contributed by atoms with Crippen LogP contribution in [0.25, 0.3) is 0 Å². The molecule has 0 bridgehead atoms. The molecule has 1 amide bonds. The second kappa shape index (κ2) is 7.19. The molecule has 1 rings (SSSR count). The van der Waals surface area contributed by atoms with Crippen molar-refractivity contribution in [3.8, 4) is 0 Å². The third kappa shape index (κ3) is 6.24. The highest BCUT2D eigenvalue weighted by molar-refractivity contribution is 5.85. The summed E-state index contributed by atoms with van der Waals surface area (Å²) in [6.07, 6.45) is 0.948. The monoisotopic (exact) mass is 264 g/mol. The maximum Gasteiger partial charge on any atom is 0.239 e. The molecular formula is C12H25ClN2O2. The van der Waals surface area contributed by atoms with E-state index in [1.54, 1.807) is 0 Å². The molecule has 1 fully saturated rings. The van der Waals surface area contributed by atoms with Crippen LogP contribution in [0.15, 0.2) is 0 Å². The van der Waals surface area contributed by atoms with E-state index >= 15 is 0 Å². The third-order valence-corrected chi connectivity index (χ3v) is 2.77. The van der Waals surface area contributed by atoms with Crippen LogP contribution in [0.3, 0.4) is 0 Å². The molecule has 0 aromatic rings. The fourth-order valence-corrected chi connectivity index (χ4v) is 1.70. The van der Waals surface area contributed by atoms with Gasteiger partial charge in [0.15, 0.2) is 0 Å². The zero-order valence-electron chi connectivity index (χ0n) is 11.2. The van der Waals surface area contributed by atoms with Crippen LogP contribution in [0.4, 0.5) is 0 Å². The highest BCUT2D eigenvalue weighted by atomic mass is 35.5. The number of nitrogens with one attached hydrogen (secondary N) is 2. The lowest BCUT2D eigenvalue weighted by Gasteiger charge is -2.29. The van der Waals surface area contributed by atoms with E-state index < -0.39 is 0 Å². The predicted molar refractivity (Wildman–Crippen MR) is 71.5 cm³/mol. The Morgan fingerprint density at radius 1 is 1.47 bits per heavy atom. The van der Waals surface area contributed by atoms with Crippen LogP contribution in [0.5, 0.6) is 0 Å². The molecule has 0 aromatic carbocycles. The molecule has 2 N–H and O–H groups in total. The molecule has 0 spiro atoms. The standard InChI is InChI=1S/C12H24N2O2.ClH/c1-9-10(13-7-8-16-9)11(15)14-6-5-12(2,3)4;/h9-10,13H,5-8H2,1-4H3,(H,14,15);1H/t9-,10+;/m1./s1. The van der Waals surface area contributed by atoms with Gasteiger partial charge in [-0.1, -0.05) is 20.8 Å². The maximum atomic E-state index is 11.8. The topological polar surface area (TPSA) is 50.4 Å². The van der Waals surface area contributed by atoms with Crippen molar-refractivity contribution >= 4 is 18.3 Å². The lowest BCUT2D eigenvalue weighted by molar-refractivity contribution is -0.128. The van der Waals surface area contributed by atoms with E-state index in [-0.39, 0.29) is 35.9 Å². The van der Waals surface area contributed by atoms with Crippen LogP contribution in [0.2, 0.25) is 0 Å². The van der Waals surface area contributed by atoms with E-state index in [0.29, 0.717) is 6.61 Å². The molecule has 17 heavy (non-hydrogen) atoms. The Balaban J connectivity index is 0.00000256. The van der Waals surface area contributed by atoms with Crippen LogP contribution >= 0.6 is 12.4 Å². The average Bonchev–Trinajstić information content (AvgIpc) is 2.16. The van der Waals surface area contributed by atoms with Crippen LogP contribution in [-0.2, 0) is 9.53 Å². The second-order valence-electron chi connectivity index (χ2n) is 5.61. The molecule has 0 saturated carbocycles. The number of amides is 1. The summed E-state index contributed by atoms with van der Waals surface area (Å²) in [6.45, 7) is 10.6. The summed E-state index contributed by atoms with van der Waals surface area (Å²) in [6, 6.07) is -0.200. The van der Waals surface area contributed by atoms with E-state index in [1.807, 2.05) is 6.92 Å². The van der Waals surface area contributed by atoms with E-state index in [2.05, 4.69) is 31.4 Å². The van der Waals surface area contributed by atoms with Crippen LogP contribution < -0.4 is 10.6 Å². The van der Waals surface area contributed by atoms with Gasteiger partial charge in [0.1, 0.15) is 6.04 Å². The van der Waals surface area contributed by atoms with Crippen molar-refractivity contribution in [1.82, 2.24) is 10.6 Å². The number of morpholine rings is 1. The minimum Gasteiger partial charge on any atom is -0.375 e. The highest BCUT2D eigenvalue weighted by Gasteiger charge is 2.28. The van der Waals surface area contributed by atoms with Gasteiger partial charge >= 0.3 is 0 Å². The number of carbonyl (C=O) groups is 1. The van der Waals surface area contributed by atoms with Gasteiger partial charge in [-0.3, -0.25) is 4.79 Å². The summed E-state index contributed by atoms with van der Waals surface area (Å²) in [5.74, 6) is 0.0523. The third-order valence-electron chi connectivity index (χ3n) is 2.77. The van der Waals surface area contributed by atoms with Gasteiger partial charge in [-0.25, -0.2) is 0 Å². The van der Waals surface area contributed by atoms with E-state index in [0.717, 1.165) is 19.5 Å². The van der Waals surface area contributed by atoms with Gasteiger partial charge in [0.05, 0.1) is 12.7 Å². The largest absolute Gasteiger partial charge is 0.375 e. The lowest BCUT2D eigenvalue weighted by Crippen LogP contribution is -2.55. The number of ether oxygens (including phenoxy) is 1. The van der Waals surface area contributed by atoms with Crippen LogP contribution in [0, 0.1) is 5.41 Å². The summed E-state index contributed by atoms with van der Waals surface area (Å²) < 4.78 is 5.44. The van der Waals surface area contributed by atoms with Crippen LogP contribution in [-0.4, -0.2) is 37.7 Å². The minimum atomic E-state index is -0.200. The number of carbonyl (C=O) groups excluding carboxylic acids is 1. The molecule has 5 heteroatoms. The average molecular weight is 265 g/mol. The fraction of sp³-hybridized carbons (Fsp3) is 0.917. The summed E-state index contributed by atoms with van der Waals surface area (Å²) >= 11 is 0. The van der Waals surface area contributed by atoms with Crippen molar-refractivity contribution < 1.29 is 9.53 Å². The molecule has 0 unspecified atom stereocenters. The number of hydrogen-bond acceptors (Lipinski definition) is 3. The SMILES string of the molecule is C[C@H]1OCCN[C@@H]1C(=O)NCCC(C)(C)C.Cl. The molecule has 1 saturated heterocycles. The lowest BCUT2D eigenvalue weighted by atomic mass is 9.92. The Kier molecular flexibility index (Phi) is 7.05. The van der Waals surface area contributed by atoms with Crippen molar-refractivity contribution in [1.29, 1.82) is 0 Å². The van der Waals surface area contributed by atoms with Gasteiger partial charge in [0.2, 0.25) is 5.91 Å². The van der Waals surface area contributed by atoms with Gasteiger partial charge in [0.25, 0.3) is 0 Å². The Morgan fingerprint density at radius 3 is 2.65 bits per heavy atom. The van der Waals surface area contributed by atoms with Gasteiger partial charge in [-0.05, 0) is 18.8 Å². The molecular weight excluding hydrogens is 240 g/mol. The first-order valence-electron chi connectivity index (χ1n) is 6.03. The van der Waals surface area contributed by atoms with Crippen molar-refractivity contribution in [3.05, 3.63) is 0 Å². The quantitative estimate of drug-likeness (QED) is 0.809. The molecule has 1 heterocycles. The first kappa shape index (κ1) is 16.7. The van der Waals surface area contributed by atoms with E-state index in [4.69, 9.17) is 4.74 Å². The number of halogens is 1. The summed E-state index contributed by atoms with van der Waals surface area (Å²) in [5, 5.41) is 6.14.